The van der Waals surface area contributed by atoms with E-state index in [1.165, 1.54) is 0 Å². The number of hydrogen-bond acceptors (Lipinski definition) is 4. The Bertz CT molecular complexity index is 966. The monoisotopic (exact) mass is 338 g/mol. The quantitative estimate of drug-likeness (QED) is 0.732. The Morgan fingerprint density at radius 1 is 1.08 bits per heavy atom. The van der Waals surface area contributed by atoms with Gasteiger partial charge >= 0.3 is 0 Å². The van der Waals surface area contributed by atoms with E-state index in [0.717, 1.165) is 33.3 Å². The van der Waals surface area contributed by atoms with Gasteiger partial charge in [0.05, 0.1) is 19.9 Å². The molecular weight excluding hydrogens is 324 g/mol. The molecule has 120 valence electrons. The van der Waals surface area contributed by atoms with E-state index in [-0.39, 0.29) is 0 Å². The number of halogens is 1. The van der Waals surface area contributed by atoms with Crippen LogP contribution in [0.4, 0.5) is 5.69 Å². The van der Waals surface area contributed by atoms with Crippen molar-refractivity contribution in [1.82, 2.24) is 4.98 Å². The summed E-state index contributed by atoms with van der Waals surface area (Å²) in [6.07, 6.45) is 5.77. The second-order valence-electron chi connectivity index (χ2n) is 5.46. The van der Waals surface area contributed by atoms with Crippen LogP contribution in [0.3, 0.4) is 0 Å². The Kier molecular flexibility index (Phi) is 3.54. The Morgan fingerprint density at radius 2 is 1.88 bits per heavy atom. The highest BCUT2D eigenvalue weighted by Gasteiger charge is 2.21. The van der Waals surface area contributed by atoms with Crippen LogP contribution in [0.25, 0.3) is 28.1 Å². The molecule has 0 aliphatic carbocycles. The highest BCUT2D eigenvalue weighted by molar-refractivity contribution is 6.30. The fourth-order valence-electron chi connectivity index (χ4n) is 3.05. The van der Waals surface area contributed by atoms with Crippen LogP contribution in [0, 0.1) is 0 Å². The van der Waals surface area contributed by atoms with E-state index in [0.29, 0.717) is 16.5 Å². The van der Waals surface area contributed by atoms with Crippen molar-refractivity contribution >= 4 is 34.3 Å². The van der Waals surface area contributed by atoms with Crippen LogP contribution in [0.1, 0.15) is 5.56 Å². The number of benzene rings is 2. The van der Waals surface area contributed by atoms with E-state index < -0.39 is 0 Å². The van der Waals surface area contributed by atoms with Crippen LogP contribution >= 0.6 is 11.6 Å². The number of aromatic nitrogens is 1. The normalized spacial score (nSPS) is 12.1. The lowest BCUT2D eigenvalue weighted by atomic mass is 9.97. The number of anilines is 1. The molecule has 0 spiro atoms. The molecule has 0 amide bonds. The summed E-state index contributed by atoms with van der Waals surface area (Å²) >= 11 is 6.00. The molecule has 2 aromatic carbocycles. The van der Waals surface area contributed by atoms with Gasteiger partial charge in [-0.1, -0.05) is 23.7 Å². The zero-order valence-electron chi connectivity index (χ0n) is 13.3. The maximum absolute atomic E-state index is 6.00. The van der Waals surface area contributed by atoms with Crippen LogP contribution in [-0.2, 0) is 0 Å². The third-order valence-electron chi connectivity index (χ3n) is 4.16. The molecule has 1 aliphatic rings. The standard InChI is InChI=1S/C19H15ClN2O2/c1-23-15-9-12-7-8-21-17-14(11-3-5-13(20)6-4-11)10-22-18(16(12)17)19(15)24-2/h3-10,21H,1-2H3. The summed E-state index contributed by atoms with van der Waals surface area (Å²) < 4.78 is 11.0. The van der Waals surface area contributed by atoms with Gasteiger partial charge in [0.2, 0.25) is 0 Å². The van der Waals surface area contributed by atoms with Gasteiger partial charge in [-0.25, -0.2) is 0 Å². The Hall–Kier alpha value is -2.72. The lowest BCUT2D eigenvalue weighted by molar-refractivity contribution is 0.358. The van der Waals surface area contributed by atoms with Gasteiger partial charge in [0.25, 0.3) is 0 Å². The number of rotatable bonds is 3. The van der Waals surface area contributed by atoms with E-state index >= 15 is 0 Å². The van der Waals surface area contributed by atoms with Crippen molar-refractivity contribution in [1.29, 1.82) is 0 Å². The van der Waals surface area contributed by atoms with E-state index in [9.17, 15) is 0 Å². The molecule has 0 unspecified atom stereocenters. The minimum Gasteiger partial charge on any atom is -0.493 e. The van der Waals surface area contributed by atoms with Crippen LogP contribution in [0.2, 0.25) is 5.02 Å². The fraction of sp³-hybridized carbons (Fsp3) is 0.105. The SMILES string of the molecule is COc1cc2c3c(c(-c4ccc(Cl)cc4)cnc3c1OC)NC=C2. The average Bonchev–Trinajstić information content (AvgIpc) is 2.62. The first kappa shape index (κ1) is 14.8. The summed E-state index contributed by atoms with van der Waals surface area (Å²) in [5.74, 6) is 1.31. The van der Waals surface area contributed by atoms with Crippen molar-refractivity contribution in [2.45, 2.75) is 0 Å². The number of hydrogen-bond donors (Lipinski definition) is 1. The number of nitrogens with one attached hydrogen (secondary N) is 1. The van der Waals surface area contributed by atoms with Crippen molar-refractivity contribution in [2.24, 2.45) is 0 Å². The van der Waals surface area contributed by atoms with E-state index in [4.69, 9.17) is 21.1 Å². The molecule has 1 N–H and O–H groups in total. The van der Waals surface area contributed by atoms with Crippen LogP contribution < -0.4 is 14.8 Å². The van der Waals surface area contributed by atoms with Crippen molar-refractivity contribution in [2.75, 3.05) is 19.5 Å². The Labute approximate surface area is 144 Å². The highest BCUT2D eigenvalue weighted by Crippen LogP contribution is 2.45. The van der Waals surface area contributed by atoms with Gasteiger partial charge in [0.15, 0.2) is 11.5 Å². The predicted octanol–water partition coefficient (Wildman–Crippen LogP) is 4.97. The zero-order valence-corrected chi connectivity index (χ0v) is 14.0. The van der Waals surface area contributed by atoms with Gasteiger partial charge in [-0.3, -0.25) is 4.98 Å². The molecule has 5 heteroatoms. The first-order valence-corrected chi connectivity index (χ1v) is 7.87. The van der Waals surface area contributed by atoms with Gasteiger partial charge in [0, 0.05) is 28.4 Å². The zero-order chi connectivity index (χ0) is 16.7. The number of methoxy groups -OCH3 is 2. The average molecular weight is 339 g/mol. The molecule has 24 heavy (non-hydrogen) atoms. The van der Waals surface area contributed by atoms with E-state index in [1.807, 2.05) is 48.8 Å². The molecule has 1 aromatic heterocycles. The molecule has 4 nitrogen and oxygen atoms in total. The molecule has 0 atom stereocenters. The minimum absolute atomic E-state index is 0.636. The van der Waals surface area contributed by atoms with Gasteiger partial charge < -0.3 is 14.8 Å². The first-order chi connectivity index (χ1) is 11.7. The molecule has 0 saturated carbocycles. The molecular formula is C19H15ClN2O2. The lowest BCUT2D eigenvalue weighted by Gasteiger charge is -2.20. The minimum atomic E-state index is 0.636. The maximum atomic E-state index is 6.00. The Balaban J connectivity index is 2.05. The highest BCUT2D eigenvalue weighted by atomic mass is 35.5. The van der Waals surface area contributed by atoms with Crippen molar-refractivity contribution in [3.05, 3.63) is 53.3 Å². The smallest absolute Gasteiger partial charge is 0.187 e. The summed E-state index contributed by atoms with van der Waals surface area (Å²) in [6.45, 7) is 0. The van der Waals surface area contributed by atoms with Crippen molar-refractivity contribution in [3.63, 3.8) is 0 Å². The van der Waals surface area contributed by atoms with E-state index in [2.05, 4.69) is 10.3 Å². The number of nitrogens with zero attached hydrogens (tertiary/aromatic N) is 1. The third kappa shape index (κ3) is 2.19. The largest absolute Gasteiger partial charge is 0.493 e. The summed E-state index contributed by atoms with van der Waals surface area (Å²) in [4.78, 5) is 4.65. The molecule has 4 rings (SSSR count). The van der Waals surface area contributed by atoms with Crippen LogP contribution in [-0.4, -0.2) is 19.2 Å². The molecule has 0 fully saturated rings. The Morgan fingerprint density at radius 3 is 2.58 bits per heavy atom. The number of pyridine rings is 1. The second kappa shape index (κ2) is 5.73. The van der Waals surface area contributed by atoms with Gasteiger partial charge in [0.1, 0.15) is 5.52 Å². The molecule has 1 aliphatic heterocycles. The topological polar surface area (TPSA) is 43.4 Å². The number of ether oxygens (including phenoxy) is 2. The van der Waals surface area contributed by atoms with Gasteiger partial charge in [-0.15, -0.1) is 0 Å². The summed E-state index contributed by atoms with van der Waals surface area (Å²) in [5, 5.41) is 5.07. The van der Waals surface area contributed by atoms with Crippen LogP contribution in [0.5, 0.6) is 11.5 Å². The summed E-state index contributed by atoms with van der Waals surface area (Å²) in [6, 6.07) is 9.70. The van der Waals surface area contributed by atoms with Crippen LogP contribution in [0.15, 0.2) is 42.7 Å². The van der Waals surface area contributed by atoms with Crippen molar-refractivity contribution < 1.29 is 9.47 Å². The molecule has 0 saturated heterocycles. The first-order valence-electron chi connectivity index (χ1n) is 7.49. The second-order valence-corrected chi connectivity index (χ2v) is 5.89. The molecule has 0 bridgehead atoms. The van der Waals surface area contributed by atoms with Crippen molar-refractivity contribution in [3.8, 4) is 22.6 Å². The maximum Gasteiger partial charge on any atom is 0.187 e. The molecule has 3 aromatic rings. The van der Waals surface area contributed by atoms with Gasteiger partial charge in [-0.2, -0.15) is 0 Å². The summed E-state index contributed by atoms with van der Waals surface area (Å²) in [5.41, 5.74) is 4.88. The molecule has 0 radical (unpaired) electrons. The van der Waals surface area contributed by atoms with Gasteiger partial charge in [-0.05, 0) is 35.4 Å². The fourth-order valence-corrected chi connectivity index (χ4v) is 3.18. The third-order valence-corrected chi connectivity index (χ3v) is 4.41. The van der Waals surface area contributed by atoms with E-state index in [1.54, 1.807) is 14.2 Å². The molecule has 2 heterocycles. The lowest BCUT2D eigenvalue weighted by Crippen LogP contribution is -2.03. The predicted molar refractivity (Wildman–Crippen MR) is 97.9 cm³/mol. The summed E-state index contributed by atoms with van der Waals surface area (Å²) in [7, 11) is 3.25.